The summed E-state index contributed by atoms with van der Waals surface area (Å²) in [5, 5.41) is 2.39. The number of rotatable bonds is 9. The van der Waals surface area contributed by atoms with E-state index in [-0.39, 0.29) is 5.92 Å². The third-order valence-corrected chi connectivity index (χ3v) is 12.5. The SMILES string of the molecule is C1=CC(c2cc(-c3ccccn3)nc(-c3ccccc3)n2)CC=C1c1ccc2c(c1)c1cc(-c3ccc(-c4cc(-c5ccccn5)nc(-c5ccccc5)n4)cc3)ccc1n2-c1ccccc1. The number of hydrogen-bond donors (Lipinski definition) is 0. The Bertz CT molecular complexity index is 3510. The third-order valence-electron chi connectivity index (χ3n) is 12.5. The summed E-state index contributed by atoms with van der Waals surface area (Å²) in [6.07, 6.45) is 11.3. The zero-order chi connectivity index (χ0) is 44.5. The average Bonchev–Trinajstić information content (AvgIpc) is 3.75. The summed E-state index contributed by atoms with van der Waals surface area (Å²) in [5.41, 5.74) is 16.1. The molecule has 12 rings (SSSR count). The van der Waals surface area contributed by atoms with Gasteiger partial charge in [-0.25, -0.2) is 19.9 Å². The van der Waals surface area contributed by atoms with Crippen LogP contribution >= 0.6 is 0 Å². The Labute approximate surface area is 388 Å². The first kappa shape index (κ1) is 39.6. The first-order chi connectivity index (χ1) is 33.2. The van der Waals surface area contributed by atoms with E-state index in [1.54, 1.807) is 6.20 Å². The van der Waals surface area contributed by atoms with Gasteiger partial charge in [-0.2, -0.15) is 0 Å². The maximum absolute atomic E-state index is 5.11. The molecule has 5 aromatic heterocycles. The molecule has 0 spiro atoms. The number of hydrogen-bond acceptors (Lipinski definition) is 6. The molecule has 67 heavy (non-hydrogen) atoms. The molecule has 0 saturated heterocycles. The summed E-state index contributed by atoms with van der Waals surface area (Å²) in [4.78, 5) is 29.3. The van der Waals surface area contributed by atoms with Gasteiger partial charge in [-0.1, -0.05) is 146 Å². The van der Waals surface area contributed by atoms with Gasteiger partial charge in [0.15, 0.2) is 11.6 Å². The summed E-state index contributed by atoms with van der Waals surface area (Å²) in [5.74, 6) is 1.47. The fourth-order valence-electron chi connectivity index (χ4n) is 9.10. The van der Waals surface area contributed by atoms with Crippen molar-refractivity contribution >= 4 is 27.4 Å². The Morgan fingerprint density at radius 3 is 1.51 bits per heavy atom. The van der Waals surface area contributed by atoms with Crippen molar-refractivity contribution in [2.24, 2.45) is 0 Å². The highest BCUT2D eigenvalue weighted by Gasteiger charge is 2.20. The Hall–Kier alpha value is -8.94. The van der Waals surface area contributed by atoms with Crippen LogP contribution < -0.4 is 0 Å². The number of para-hydroxylation sites is 1. The van der Waals surface area contributed by atoms with Gasteiger partial charge in [0.05, 0.1) is 45.2 Å². The lowest BCUT2D eigenvalue weighted by Crippen LogP contribution is -2.05. The minimum absolute atomic E-state index is 0.0949. The van der Waals surface area contributed by atoms with Gasteiger partial charge >= 0.3 is 0 Å². The second kappa shape index (κ2) is 17.2. The topological polar surface area (TPSA) is 82.3 Å². The minimum atomic E-state index is 0.0949. The van der Waals surface area contributed by atoms with E-state index in [0.717, 1.165) is 85.1 Å². The molecular formula is C60H41N7. The molecule has 0 saturated carbocycles. The predicted octanol–water partition coefficient (Wildman–Crippen LogP) is 14.3. The fraction of sp³-hybridized carbons (Fsp3) is 0.0333. The quantitative estimate of drug-likeness (QED) is 0.144. The van der Waals surface area contributed by atoms with Gasteiger partial charge in [0, 0.05) is 51.5 Å². The molecule has 7 heteroatoms. The van der Waals surface area contributed by atoms with E-state index in [1.165, 1.54) is 21.9 Å². The standard InChI is InChI=1S/C60H41N7/c1-4-14-44(15-5-1)59-63-53(38-55(65-59)51-20-10-12-34-61-51)42-26-22-40(23-27-42)46-30-32-57-49(36-46)50-37-47(31-33-58(50)67(57)48-18-8-3-9-19-48)41-24-28-43(29-25-41)54-39-56(52-21-11-13-35-62-52)66-60(64-54)45-16-6-2-7-17-45/h1-28,30-39,43H,29H2. The second-order valence-electron chi connectivity index (χ2n) is 16.7. The number of nitrogens with zero attached hydrogens (tertiary/aromatic N) is 7. The lowest BCUT2D eigenvalue weighted by molar-refractivity contribution is 0.813. The van der Waals surface area contributed by atoms with Gasteiger partial charge in [0.1, 0.15) is 0 Å². The fourth-order valence-corrected chi connectivity index (χ4v) is 9.10. The van der Waals surface area contributed by atoms with Crippen molar-refractivity contribution in [2.75, 3.05) is 0 Å². The number of aromatic nitrogens is 7. The van der Waals surface area contributed by atoms with E-state index in [2.05, 4.69) is 142 Å². The maximum Gasteiger partial charge on any atom is 0.160 e. The van der Waals surface area contributed by atoms with Gasteiger partial charge < -0.3 is 4.57 Å². The average molecular weight is 860 g/mol. The van der Waals surface area contributed by atoms with E-state index in [1.807, 2.05) is 97.2 Å². The molecule has 5 heterocycles. The molecule has 7 nitrogen and oxygen atoms in total. The zero-order valence-electron chi connectivity index (χ0n) is 36.4. The van der Waals surface area contributed by atoms with Gasteiger partial charge in [0.2, 0.25) is 0 Å². The van der Waals surface area contributed by atoms with Crippen LogP contribution in [-0.2, 0) is 0 Å². The smallest absolute Gasteiger partial charge is 0.160 e. The number of benzene rings is 6. The highest BCUT2D eigenvalue weighted by molar-refractivity contribution is 6.11. The van der Waals surface area contributed by atoms with Crippen LogP contribution in [0.3, 0.4) is 0 Å². The molecule has 316 valence electrons. The normalized spacial score (nSPS) is 13.5. The first-order valence-corrected chi connectivity index (χ1v) is 22.5. The molecule has 0 fully saturated rings. The highest BCUT2D eigenvalue weighted by atomic mass is 15.0. The van der Waals surface area contributed by atoms with Crippen LogP contribution in [0.1, 0.15) is 23.6 Å². The van der Waals surface area contributed by atoms with Crippen LogP contribution in [0.5, 0.6) is 0 Å². The third kappa shape index (κ3) is 7.79. The Balaban J connectivity index is 0.893. The van der Waals surface area contributed by atoms with Gasteiger partial charge in [-0.3, -0.25) is 9.97 Å². The lowest BCUT2D eigenvalue weighted by atomic mass is 9.90. The maximum atomic E-state index is 5.11. The molecule has 1 unspecified atom stereocenters. The van der Waals surface area contributed by atoms with Crippen molar-refractivity contribution in [3.63, 3.8) is 0 Å². The van der Waals surface area contributed by atoms with Crippen LogP contribution in [0.4, 0.5) is 0 Å². The van der Waals surface area contributed by atoms with E-state index in [0.29, 0.717) is 11.6 Å². The Morgan fingerprint density at radius 1 is 0.388 bits per heavy atom. The molecule has 6 aromatic carbocycles. The monoisotopic (exact) mass is 859 g/mol. The summed E-state index contributed by atoms with van der Waals surface area (Å²) < 4.78 is 2.37. The van der Waals surface area contributed by atoms with Crippen LogP contribution in [-0.4, -0.2) is 34.5 Å². The largest absolute Gasteiger partial charge is 0.309 e. The van der Waals surface area contributed by atoms with Crippen molar-refractivity contribution in [1.82, 2.24) is 34.5 Å². The van der Waals surface area contributed by atoms with Crippen molar-refractivity contribution < 1.29 is 0 Å². The van der Waals surface area contributed by atoms with E-state index in [4.69, 9.17) is 19.9 Å². The molecule has 11 aromatic rings. The number of fused-ring (bicyclic) bond motifs is 3. The first-order valence-electron chi connectivity index (χ1n) is 22.5. The molecule has 0 N–H and O–H groups in total. The second-order valence-corrected chi connectivity index (χ2v) is 16.7. The van der Waals surface area contributed by atoms with Crippen molar-refractivity contribution in [2.45, 2.75) is 12.3 Å². The van der Waals surface area contributed by atoms with E-state index >= 15 is 0 Å². The Morgan fingerprint density at radius 2 is 0.910 bits per heavy atom. The molecule has 1 atom stereocenters. The van der Waals surface area contributed by atoms with E-state index < -0.39 is 0 Å². The molecule has 0 bridgehead atoms. The summed E-state index contributed by atoms with van der Waals surface area (Å²) in [6, 6.07) is 69.3. The van der Waals surface area contributed by atoms with Gasteiger partial charge in [-0.05, 0) is 101 Å². The van der Waals surface area contributed by atoms with E-state index in [9.17, 15) is 0 Å². The number of pyridine rings is 2. The lowest BCUT2D eigenvalue weighted by Gasteiger charge is -2.18. The van der Waals surface area contributed by atoms with Crippen LogP contribution in [0.2, 0.25) is 0 Å². The molecule has 0 radical (unpaired) electrons. The Kier molecular flexibility index (Phi) is 10.2. The van der Waals surface area contributed by atoms with Crippen molar-refractivity contribution in [3.8, 4) is 73.6 Å². The van der Waals surface area contributed by atoms with Crippen LogP contribution in [0.15, 0.2) is 231 Å². The van der Waals surface area contributed by atoms with Gasteiger partial charge in [-0.15, -0.1) is 0 Å². The summed E-state index contributed by atoms with van der Waals surface area (Å²) in [6.45, 7) is 0. The molecule has 1 aliphatic rings. The van der Waals surface area contributed by atoms with Crippen molar-refractivity contribution in [1.29, 1.82) is 0 Å². The van der Waals surface area contributed by atoms with Gasteiger partial charge in [0.25, 0.3) is 0 Å². The molecule has 1 aliphatic carbocycles. The summed E-state index contributed by atoms with van der Waals surface area (Å²) >= 11 is 0. The van der Waals surface area contributed by atoms with Crippen LogP contribution in [0.25, 0.3) is 101 Å². The molecule has 0 aliphatic heterocycles. The highest BCUT2D eigenvalue weighted by Crippen LogP contribution is 2.39. The molecular weight excluding hydrogens is 819 g/mol. The van der Waals surface area contributed by atoms with Crippen molar-refractivity contribution in [3.05, 3.63) is 242 Å². The molecule has 0 amide bonds. The predicted molar refractivity (Wildman–Crippen MR) is 271 cm³/mol. The van der Waals surface area contributed by atoms with Crippen LogP contribution in [0, 0.1) is 0 Å². The zero-order valence-corrected chi connectivity index (χ0v) is 36.4. The number of allylic oxidation sites excluding steroid dienone is 4. The summed E-state index contributed by atoms with van der Waals surface area (Å²) in [7, 11) is 0. The minimum Gasteiger partial charge on any atom is -0.309 e.